The maximum Gasteiger partial charge on any atom is 0.315 e. The molecule has 2 aromatic rings. The molecule has 0 aliphatic carbocycles. The first-order valence-corrected chi connectivity index (χ1v) is 8.10. The van der Waals surface area contributed by atoms with Crippen molar-refractivity contribution in [1.82, 2.24) is 20.1 Å². The second-order valence-corrected chi connectivity index (χ2v) is 5.90. The van der Waals surface area contributed by atoms with Crippen LogP contribution in [0, 0.1) is 0 Å². The Balaban J connectivity index is 1.49. The number of aromatic nitrogens is 1. The summed E-state index contributed by atoms with van der Waals surface area (Å²) < 4.78 is 7.18. The number of hydrogen-bond donors (Lipinski definition) is 2. The zero-order valence-corrected chi connectivity index (χ0v) is 13.7. The number of likely N-dealkylation sites (tertiary alicyclic amines) is 1. The van der Waals surface area contributed by atoms with Gasteiger partial charge in [0.1, 0.15) is 5.76 Å². The molecule has 1 fully saturated rings. The van der Waals surface area contributed by atoms with E-state index >= 15 is 0 Å². The van der Waals surface area contributed by atoms with E-state index in [4.69, 9.17) is 4.42 Å². The van der Waals surface area contributed by atoms with Crippen LogP contribution in [0.2, 0.25) is 0 Å². The topological polar surface area (TPSA) is 79.5 Å². The lowest BCUT2D eigenvalue weighted by molar-refractivity contribution is -0.131. The molecule has 3 amide bonds. The standard InChI is InChI=1S/C17H22N4O3/c1-20-8-2-6-14(20)15-7-3-9-21(15)16(22)12-19-17(23)18-11-13-5-4-10-24-13/h2,4-6,8,10,15H,3,7,9,11-12H2,1H3,(H2,18,19,23)/t15-/m1/s1. The van der Waals surface area contributed by atoms with Crippen LogP contribution in [-0.2, 0) is 18.4 Å². The summed E-state index contributed by atoms with van der Waals surface area (Å²) in [6.07, 6.45) is 5.47. The van der Waals surface area contributed by atoms with E-state index in [0.29, 0.717) is 12.3 Å². The molecule has 7 heteroatoms. The van der Waals surface area contributed by atoms with Gasteiger partial charge < -0.3 is 24.5 Å². The van der Waals surface area contributed by atoms with E-state index < -0.39 is 0 Å². The van der Waals surface area contributed by atoms with Crippen molar-refractivity contribution in [3.63, 3.8) is 0 Å². The molecule has 0 bridgehead atoms. The number of nitrogens with zero attached hydrogens (tertiary/aromatic N) is 2. The van der Waals surface area contributed by atoms with E-state index in [1.54, 1.807) is 18.4 Å². The summed E-state index contributed by atoms with van der Waals surface area (Å²) in [5, 5.41) is 5.27. The molecule has 0 radical (unpaired) electrons. The zero-order valence-electron chi connectivity index (χ0n) is 13.7. The lowest BCUT2D eigenvalue weighted by Crippen LogP contribution is -2.43. The van der Waals surface area contributed by atoms with Crippen LogP contribution in [0.3, 0.4) is 0 Å². The SMILES string of the molecule is Cn1cccc1[C@H]1CCCN1C(=O)CNC(=O)NCc1ccco1. The minimum Gasteiger partial charge on any atom is -0.467 e. The molecule has 1 aliphatic rings. The molecule has 24 heavy (non-hydrogen) atoms. The number of rotatable bonds is 5. The fourth-order valence-electron chi connectivity index (χ4n) is 3.09. The van der Waals surface area contributed by atoms with Gasteiger partial charge in [0.25, 0.3) is 0 Å². The minimum absolute atomic E-state index is 0.00902. The average Bonchev–Trinajstić information content (AvgIpc) is 3.31. The Morgan fingerprint density at radius 2 is 2.17 bits per heavy atom. The van der Waals surface area contributed by atoms with Crippen molar-refractivity contribution in [3.05, 3.63) is 48.2 Å². The van der Waals surface area contributed by atoms with E-state index in [9.17, 15) is 9.59 Å². The first-order chi connectivity index (χ1) is 11.6. The number of nitrogens with one attached hydrogen (secondary N) is 2. The Morgan fingerprint density at radius 3 is 2.88 bits per heavy atom. The molecule has 3 heterocycles. The summed E-state index contributed by atoms with van der Waals surface area (Å²) >= 11 is 0. The fourth-order valence-corrected chi connectivity index (χ4v) is 3.09. The molecule has 0 saturated carbocycles. The summed E-state index contributed by atoms with van der Waals surface area (Å²) in [5.74, 6) is 0.603. The minimum atomic E-state index is -0.380. The molecule has 1 atom stereocenters. The Hall–Kier alpha value is -2.70. The number of carbonyl (C=O) groups is 2. The van der Waals surface area contributed by atoms with Crippen LogP contribution in [0.4, 0.5) is 4.79 Å². The van der Waals surface area contributed by atoms with E-state index in [1.807, 2.05) is 34.8 Å². The van der Waals surface area contributed by atoms with Gasteiger partial charge >= 0.3 is 6.03 Å². The molecule has 2 N–H and O–H groups in total. The summed E-state index contributed by atoms with van der Waals surface area (Å²) in [4.78, 5) is 26.1. The average molecular weight is 330 g/mol. The van der Waals surface area contributed by atoms with Gasteiger partial charge in [-0.2, -0.15) is 0 Å². The van der Waals surface area contributed by atoms with Crippen molar-refractivity contribution < 1.29 is 14.0 Å². The van der Waals surface area contributed by atoms with Crippen LogP contribution in [-0.4, -0.2) is 34.5 Å². The summed E-state index contributed by atoms with van der Waals surface area (Å²) in [6.45, 7) is 1.01. The molecule has 3 rings (SSSR count). The monoisotopic (exact) mass is 330 g/mol. The van der Waals surface area contributed by atoms with Crippen molar-refractivity contribution in [2.24, 2.45) is 7.05 Å². The Bertz CT molecular complexity index is 693. The van der Waals surface area contributed by atoms with Gasteiger partial charge in [0, 0.05) is 25.5 Å². The van der Waals surface area contributed by atoms with Crippen LogP contribution in [0.15, 0.2) is 41.1 Å². The van der Waals surface area contributed by atoms with Crippen molar-refractivity contribution >= 4 is 11.9 Å². The Kier molecular flexibility index (Phi) is 4.88. The molecule has 2 aromatic heterocycles. The largest absolute Gasteiger partial charge is 0.467 e. The quantitative estimate of drug-likeness (QED) is 0.877. The highest BCUT2D eigenvalue weighted by molar-refractivity contribution is 5.84. The van der Waals surface area contributed by atoms with Crippen LogP contribution >= 0.6 is 0 Å². The van der Waals surface area contributed by atoms with Gasteiger partial charge in [0.05, 0.1) is 25.4 Å². The second kappa shape index (κ2) is 7.25. The highest BCUT2D eigenvalue weighted by atomic mass is 16.3. The third-order valence-corrected chi connectivity index (χ3v) is 4.30. The smallest absolute Gasteiger partial charge is 0.315 e. The van der Waals surface area contributed by atoms with Gasteiger partial charge in [0.2, 0.25) is 5.91 Å². The molecule has 0 aromatic carbocycles. The number of aryl methyl sites for hydroxylation is 1. The van der Waals surface area contributed by atoms with Gasteiger partial charge in [-0.15, -0.1) is 0 Å². The Labute approximate surface area is 140 Å². The van der Waals surface area contributed by atoms with E-state index in [2.05, 4.69) is 10.6 Å². The van der Waals surface area contributed by atoms with Gasteiger partial charge in [-0.05, 0) is 37.1 Å². The number of hydrogen-bond acceptors (Lipinski definition) is 3. The normalized spacial score (nSPS) is 17.0. The summed E-state index contributed by atoms with van der Waals surface area (Å²) in [6, 6.07) is 7.27. The maximum atomic E-state index is 12.5. The number of carbonyl (C=O) groups excluding carboxylic acids is 2. The van der Waals surface area contributed by atoms with Crippen molar-refractivity contribution in [3.8, 4) is 0 Å². The third-order valence-electron chi connectivity index (χ3n) is 4.30. The van der Waals surface area contributed by atoms with Crippen molar-refractivity contribution in [1.29, 1.82) is 0 Å². The van der Waals surface area contributed by atoms with E-state index in [0.717, 1.165) is 25.1 Å². The number of furan rings is 1. The lowest BCUT2D eigenvalue weighted by Gasteiger charge is -2.25. The van der Waals surface area contributed by atoms with Crippen LogP contribution in [0.1, 0.15) is 30.3 Å². The van der Waals surface area contributed by atoms with Crippen LogP contribution in [0.25, 0.3) is 0 Å². The molecule has 0 spiro atoms. The predicted octanol–water partition coefficient (Wildman–Crippen LogP) is 1.78. The van der Waals surface area contributed by atoms with E-state index in [-0.39, 0.29) is 24.5 Å². The van der Waals surface area contributed by atoms with Gasteiger partial charge in [-0.25, -0.2) is 4.79 Å². The maximum absolute atomic E-state index is 12.5. The molecular weight excluding hydrogens is 308 g/mol. The molecule has 1 aliphatic heterocycles. The summed E-state index contributed by atoms with van der Waals surface area (Å²) in [5.41, 5.74) is 1.13. The van der Waals surface area contributed by atoms with Crippen molar-refractivity contribution in [2.75, 3.05) is 13.1 Å². The van der Waals surface area contributed by atoms with Crippen molar-refractivity contribution in [2.45, 2.75) is 25.4 Å². The first kappa shape index (κ1) is 16.2. The van der Waals surface area contributed by atoms with Crippen LogP contribution < -0.4 is 10.6 Å². The summed E-state index contributed by atoms with van der Waals surface area (Å²) in [7, 11) is 1.98. The lowest BCUT2D eigenvalue weighted by atomic mass is 10.1. The fraction of sp³-hybridized carbons (Fsp3) is 0.412. The molecule has 1 saturated heterocycles. The predicted molar refractivity (Wildman–Crippen MR) is 88.0 cm³/mol. The van der Waals surface area contributed by atoms with Gasteiger partial charge in [-0.1, -0.05) is 0 Å². The molecule has 128 valence electrons. The third kappa shape index (κ3) is 3.61. The van der Waals surface area contributed by atoms with E-state index in [1.165, 1.54) is 0 Å². The van der Waals surface area contributed by atoms with Gasteiger partial charge in [-0.3, -0.25) is 4.79 Å². The molecule has 7 nitrogen and oxygen atoms in total. The molecular formula is C17H22N4O3. The molecule has 0 unspecified atom stereocenters. The first-order valence-electron chi connectivity index (χ1n) is 8.10. The number of amides is 3. The second-order valence-electron chi connectivity index (χ2n) is 5.90. The zero-order chi connectivity index (χ0) is 16.9. The highest BCUT2D eigenvalue weighted by Crippen LogP contribution is 2.31. The highest BCUT2D eigenvalue weighted by Gasteiger charge is 2.31. The number of urea groups is 1. The van der Waals surface area contributed by atoms with Crippen LogP contribution in [0.5, 0.6) is 0 Å². The van der Waals surface area contributed by atoms with Gasteiger partial charge in [0.15, 0.2) is 0 Å². The Morgan fingerprint density at radius 1 is 1.29 bits per heavy atom.